The summed E-state index contributed by atoms with van der Waals surface area (Å²) < 4.78 is 10.6. The first-order valence-corrected chi connectivity index (χ1v) is 6.04. The Bertz CT molecular complexity index is 259. The van der Waals surface area contributed by atoms with Crippen LogP contribution >= 0.6 is 0 Å². The van der Waals surface area contributed by atoms with E-state index in [4.69, 9.17) is 9.15 Å². The van der Waals surface area contributed by atoms with Crippen molar-refractivity contribution in [2.24, 2.45) is 0 Å². The van der Waals surface area contributed by atoms with E-state index in [2.05, 4.69) is 19.2 Å². The predicted molar refractivity (Wildman–Crippen MR) is 65.6 cm³/mol. The Morgan fingerprint density at radius 3 is 2.81 bits per heavy atom. The van der Waals surface area contributed by atoms with Crippen molar-refractivity contribution in [3.05, 3.63) is 24.2 Å². The zero-order valence-corrected chi connectivity index (χ0v) is 10.5. The van der Waals surface area contributed by atoms with Crippen LogP contribution in [0.3, 0.4) is 0 Å². The molecular weight excluding hydrogens is 202 g/mol. The second-order valence-corrected chi connectivity index (χ2v) is 4.16. The summed E-state index contributed by atoms with van der Waals surface area (Å²) in [6.07, 6.45) is 5.21. The molecule has 3 nitrogen and oxygen atoms in total. The highest BCUT2D eigenvalue weighted by Crippen LogP contribution is 2.10. The van der Waals surface area contributed by atoms with Crippen molar-refractivity contribution < 1.29 is 9.15 Å². The van der Waals surface area contributed by atoms with Gasteiger partial charge in [0.25, 0.3) is 0 Å². The molecule has 0 amide bonds. The summed E-state index contributed by atoms with van der Waals surface area (Å²) in [4.78, 5) is 0. The van der Waals surface area contributed by atoms with Crippen LogP contribution in [0.4, 0.5) is 0 Å². The lowest BCUT2D eigenvalue weighted by Crippen LogP contribution is -2.31. The SMILES string of the molecule is CCNC(CCC(C)OC)Cc1ccco1. The average molecular weight is 225 g/mol. The van der Waals surface area contributed by atoms with E-state index in [1.807, 2.05) is 12.1 Å². The molecule has 0 aliphatic rings. The number of ether oxygens (including phenoxy) is 1. The van der Waals surface area contributed by atoms with E-state index in [-0.39, 0.29) is 0 Å². The van der Waals surface area contributed by atoms with Crippen LogP contribution in [0.5, 0.6) is 0 Å². The van der Waals surface area contributed by atoms with Crippen LogP contribution < -0.4 is 5.32 Å². The van der Waals surface area contributed by atoms with Gasteiger partial charge in [-0.2, -0.15) is 0 Å². The fourth-order valence-corrected chi connectivity index (χ4v) is 1.79. The number of likely N-dealkylation sites (N-methyl/N-ethyl adjacent to an activating group) is 1. The molecule has 0 radical (unpaired) electrons. The number of methoxy groups -OCH3 is 1. The molecule has 1 heterocycles. The molecule has 0 aliphatic carbocycles. The maximum absolute atomic E-state index is 5.37. The lowest BCUT2D eigenvalue weighted by molar-refractivity contribution is 0.106. The molecule has 0 saturated heterocycles. The molecular formula is C13H23NO2. The summed E-state index contributed by atoms with van der Waals surface area (Å²) in [5, 5.41) is 3.48. The van der Waals surface area contributed by atoms with Gasteiger partial charge >= 0.3 is 0 Å². The van der Waals surface area contributed by atoms with Crippen LogP contribution in [0.2, 0.25) is 0 Å². The molecule has 0 fully saturated rings. The van der Waals surface area contributed by atoms with Gasteiger partial charge in [-0.3, -0.25) is 0 Å². The summed E-state index contributed by atoms with van der Waals surface area (Å²) in [6, 6.07) is 4.45. The molecule has 0 aliphatic heterocycles. The molecule has 1 rings (SSSR count). The standard InChI is InChI=1S/C13H23NO2/c1-4-14-12(8-7-11(2)15-3)10-13-6-5-9-16-13/h5-6,9,11-12,14H,4,7-8,10H2,1-3H3. The highest BCUT2D eigenvalue weighted by atomic mass is 16.5. The minimum atomic E-state index is 0.331. The number of furan rings is 1. The number of hydrogen-bond acceptors (Lipinski definition) is 3. The van der Waals surface area contributed by atoms with Gasteiger partial charge in [-0.15, -0.1) is 0 Å². The van der Waals surface area contributed by atoms with Gasteiger partial charge in [0, 0.05) is 19.6 Å². The van der Waals surface area contributed by atoms with Gasteiger partial charge in [-0.05, 0) is 38.4 Å². The summed E-state index contributed by atoms with van der Waals surface area (Å²) in [6.45, 7) is 5.23. The number of hydrogen-bond donors (Lipinski definition) is 1. The van der Waals surface area contributed by atoms with Crippen LogP contribution in [0, 0.1) is 0 Å². The second-order valence-electron chi connectivity index (χ2n) is 4.16. The molecule has 0 bridgehead atoms. The monoisotopic (exact) mass is 225 g/mol. The van der Waals surface area contributed by atoms with Crippen molar-refractivity contribution in [3.8, 4) is 0 Å². The Kier molecular flexibility index (Phi) is 6.19. The van der Waals surface area contributed by atoms with E-state index in [1.165, 1.54) is 0 Å². The highest BCUT2D eigenvalue weighted by Gasteiger charge is 2.11. The Balaban J connectivity index is 2.35. The lowest BCUT2D eigenvalue weighted by Gasteiger charge is -2.18. The van der Waals surface area contributed by atoms with E-state index in [9.17, 15) is 0 Å². The van der Waals surface area contributed by atoms with Crippen LogP contribution in [0.25, 0.3) is 0 Å². The maximum Gasteiger partial charge on any atom is 0.105 e. The Morgan fingerprint density at radius 2 is 2.25 bits per heavy atom. The molecule has 1 N–H and O–H groups in total. The molecule has 0 spiro atoms. The third-order valence-corrected chi connectivity index (χ3v) is 2.84. The van der Waals surface area contributed by atoms with E-state index in [0.29, 0.717) is 12.1 Å². The molecule has 2 atom stereocenters. The summed E-state index contributed by atoms with van der Waals surface area (Å²) in [7, 11) is 1.76. The summed E-state index contributed by atoms with van der Waals surface area (Å²) in [5.41, 5.74) is 0. The minimum Gasteiger partial charge on any atom is -0.469 e. The maximum atomic E-state index is 5.37. The minimum absolute atomic E-state index is 0.331. The predicted octanol–water partition coefficient (Wildman–Crippen LogP) is 2.62. The molecule has 0 saturated carbocycles. The van der Waals surface area contributed by atoms with Crippen molar-refractivity contribution in [3.63, 3.8) is 0 Å². The fraction of sp³-hybridized carbons (Fsp3) is 0.692. The van der Waals surface area contributed by atoms with Gasteiger partial charge in [0.2, 0.25) is 0 Å². The third-order valence-electron chi connectivity index (χ3n) is 2.84. The molecule has 0 aromatic carbocycles. The molecule has 2 unspecified atom stereocenters. The van der Waals surface area contributed by atoms with Gasteiger partial charge in [0.15, 0.2) is 0 Å². The topological polar surface area (TPSA) is 34.4 Å². The number of nitrogens with one attached hydrogen (secondary N) is 1. The van der Waals surface area contributed by atoms with Crippen molar-refractivity contribution >= 4 is 0 Å². The summed E-state index contributed by atoms with van der Waals surface area (Å²) >= 11 is 0. The van der Waals surface area contributed by atoms with Crippen molar-refractivity contribution in [1.29, 1.82) is 0 Å². The molecule has 1 aromatic rings. The van der Waals surface area contributed by atoms with Crippen LogP contribution in [0.15, 0.2) is 22.8 Å². The van der Waals surface area contributed by atoms with Gasteiger partial charge in [-0.1, -0.05) is 6.92 Å². The number of rotatable bonds is 8. The van der Waals surface area contributed by atoms with E-state index >= 15 is 0 Å². The lowest BCUT2D eigenvalue weighted by atomic mass is 10.0. The zero-order valence-electron chi connectivity index (χ0n) is 10.5. The van der Waals surface area contributed by atoms with Gasteiger partial charge in [-0.25, -0.2) is 0 Å². The smallest absolute Gasteiger partial charge is 0.105 e. The van der Waals surface area contributed by atoms with Gasteiger partial charge < -0.3 is 14.5 Å². The van der Waals surface area contributed by atoms with Crippen LogP contribution in [-0.4, -0.2) is 25.8 Å². The Labute approximate surface area is 98.2 Å². The van der Waals surface area contributed by atoms with Crippen molar-refractivity contribution in [2.75, 3.05) is 13.7 Å². The first-order chi connectivity index (χ1) is 7.76. The molecule has 1 aromatic heterocycles. The van der Waals surface area contributed by atoms with Crippen molar-refractivity contribution in [1.82, 2.24) is 5.32 Å². The van der Waals surface area contributed by atoms with Crippen molar-refractivity contribution in [2.45, 2.75) is 45.3 Å². The van der Waals surface area contributed by atoms with Crippen LogP contribution in [0.1, 0.15) is 32.4 Å². The Hall–Kier alpha value is -0.800. The first-order valence-electron chi connectivity index (χ1n) is 6.04. The van der Waals surface area contributed by atoms with Gasteiger partial charge in [0.1, 0.15) is 5.76 Å². The van der Waals surface area contributed by atoms with E-state index < -0.39 is 0 Å². The zero-order chi connectivity index (χ0) is 11.8. The second kappa shape index (κ2) is 7.47. The highest BCUT2D eigenvalue weighted by molar-refractivity contribution is 5.00. The van der Waals surface area contributed by atoms with E-state index in [1.54, 1.807) is 13.4 Å². The quantitative estimate of drug-likeness (QED) is 0.738. The fourth-order valence-electron chi connectivity index (χ4n) is 1.79. The largest absolute Gasteiger partial charge is 0.469 e. The molecule has 92 valence electrons. The molecule has 16 heavy (non-hydrogen) atoms. The molecule has 3 heteroatoms. The normalized spacial score (nSPS) is 14.9. The Morgan fingerprint density at radius 1 is 1.44 bits per heavy atom. The third kappa shape index (κ3) is 4.81. The first kappa shape index (κ1) is 13.3. The average Bonchev–Trinajstić information content (AvgIpc) is 2.78. The van der Waals surface area contributed by atoms with Crippen LogP contribution in [-0.2, 0) is 11.2 Å². The van der Waals surface area contributed by atoms with E-state index in [0.717, 1.165) is 31.6 Å². The van der Waals surface area contributed by atoms with Gasteiger partial charge in [0.05, 0.1) is 12.4 Å². The summed E-state index contributed by atoms with van der Waals surface area (Å²) in [5.74, 6) is 1.05.